The van der Waals surface area contributed by atoms with Crippen LogP contribution >= 0.6 is 11.6 Å². The van der Waals surface area contributed by atoms with E-state index in [0.29, 0.717) is 18.2 Å². The van der Waals surface area contributed by atoms with Crippen LogP contribution < -0.4 is 10.6 Å². The van der Waals surface area contributed by atoms with Crippen LogP contribution in [0, 0.1) is 11.6 Å². The fourth-order valence-corrected chi connectivity index (χ4v) is 2.85. The number of hydrogen-bond acceptors (Lipinski definition) is 3. The van der Waals surface area contributed by atoms with Crippen molar-refractivity contribution in [3.8, 4) is 5.75 Å². The Balaban J connectivity index is 1.97. The molecule has 0 aromatic heterocycles. The van der Waals surface area contributed by atoms with Gasteiger partial charge in [-0.3, -0.25) is 9.59 Å². The molecule has 0 fully saturated rings. The van der Waals surface area contributed by atoms with Gasteiger partial charge in [-0.25, -0.2) is 8.78 Å². The summed E-state index contributed by atoms with van der Waals surface area (Å²) in [7, 11) is 0. The Kier molecular flexibility index (Phi) is 6.35. The third-order valence-corrected chi connectivity index (χ3v) is 4.46. The van der Waals surface area contributed by atoms with Crippen molar-refractivity contribution in [3.05, 3.63) is 87.9 Å². The van der Waals surface area contributed by atoms with Crippen LogP contribution in [-0.4, -0.2) is 16.9 Å². The summed E-state index contributed by atoms with van der Waals surface area (Å²) in [4.78, 5) is 24.9. The maximum Gasteiger partial charge on any atom is 0.416 e. The summed E-state index contributed by atoms with van der Waals surface area (Å²) in [6, 6.07) is 7.70. The van der Waals surface area contributed by atoms with Gasteiger partial charge < -0.3 is 15.7 Å². The summed E-state index contributed by atoms with van der Waals surface area (Å²) in [5.41, 5.74) is -2.78. The number of nitrogens with one attached hydrogen (secondary N) is 2. The first kappa shape index (κ1) is 23.0. The highest BCUT2D eigenvalue weighted by molar-refractivity contribution is 6.31. The molecule has 3 aromatic rings. The minimum Gasteiger partial charge on any atom is -0.507 e. The number of hydrogen-bond donors (Lipinski definition) is 3. The van der Waals surface area contributed by atoms with Crippen molar-refractivity contribution in [2.45, 2.75) is 6.18 Å². The van der Waals surface area contributed by atoms with Crippen LogP contribution in [0.4, 0.5) is 33.3 Å². The van der Waals surface area contributed by atoms with Gasteiger partial charge in [-0.05, 0) is 48.5 Å². The van der Waals surface area contributed by atoms with Crippen molar-refractivity contribution in [2.24, 2.45) is 0 Å². The zero-order chi connectivity index (χ0) is 23.6. The van der Waals surface area contributed by atoms with E-state index in [0.717, 1.165) is 30.3 Å². The lowest BCUT2D eigenvalue weighted by Gasteiger charge is -2.16. The first-order valence-corrected chi connectivity index (χ1v) is 9.11. The summed E-state index contributed by atoms with van der Waals surface area (Å²) in [5.74, 6) is -4.73. The highest BCUT2D eigenvalue weighted by Gasteiger charge is 2.31. The van der Waals surface area contributed by atoms with E-state index in [1.165, 1.54) is 6.07 Å². The highest BCUT2D eigenvalue weighted by atomic mass is 35.5. The van der Waals surface area contributed by atoms with Gasteiger partial charge in [-0.1, -0.05) is 11.6 Å². The van der Waals surface area contributed by atoms with E-state index in [1.807, 2.05) is 0 Å². The molecule has 3 aromatic carbocycles. The first-order valence-electron chi connectivity index (χ1n) is 8.73. The number of anilines is 2. The molecule has 0 atom stereocenters. The maximum atomic E-state index is 13.9. The normalized spacial score (nSPS) is 11.2. The van der Waals surface area contributed by atoms with Gasteiger partial charge in [0.2, 0.25) is 0 Å². The number of benzene rings is 3. The standard InChI is InChI=1S/C21H12ClF5N2O3/c22-11-2-4-14(18(30)8-11)20(32)29-17-7-10(21(25,26)27)1-6-16(17)28-19(31)13-5-3-12(23)9-15(13)24/h1-9,30H,(H,28,31)(H,29,32). The summed E-state index contributed by atoms with van der Waals surface area (Å²) in [6.07, 6.45) is -4.77. The number of phenols is 1. The van der Waals surface area contributed by atoms with Crippen LogP contribution in [-0.2, 0) is 6.18 Å². The number of aromatic hydroxyl groups is 1. The molecule has 0 saturated carbocycles. The Labute approximate surface area is 182 Å². The molecule has 11 heteroatoms. The number of phenolic OH excluding ortho intramolecular Hbond substituents is 1. The topological polar surface area (TPSA) is 78.4 Å². The van der Waals surface area contributed by atoms with Crippen molar-refractivity contribution in [2.75, 3.05) is 10.6 Å². The van der Waals surface area contributed by atoms with E-state index in [4.69, 9.17) is 11.6 Å². The Morgan fingerprint density at radius 1 is 0.812 bits per heavy atom. The molecule has 3 rings (SSSR count). The third kappa shape index (κ3) is 5.14. The zero-order valence-corrected chi connectivity index (χ0v) is 16.5. The number of rotatable bonds is 4. The minimum absolute atomic E-state index is 0.118. The lowest BCUT2D eigenvalue weighted by atomic mass is 10.1. The molecule has 0 heterocycles. The van der Waals surface area contributed by atoms with Crippen LogP contribution in [0.5, 0.6) is 5.75 Å². The van der Waals surface area contributed by atoms with E-state index in [1.54, 1.807) is 0 Å². The molecule has 0 spiro atoms. The molecule has 3 N–H and O–H groups in total. The van der Waals surface area contributed by atoms with Gasteiger partial charge in [-0.2, -0.15) is 13.2 Å². The molecule has 166 valence electrons. The molecular formula is C21H12ClF5N2O3. The number of carbonyl (C=O) groups is 2. The Morgan fingerprint density at radius 2 is 1.44 bits per heavy atom. The van der Waals surface area contributed by atoms with Gasteiger partial charge in [0, 0.05) is 11.1 Å². The van der Waals surface area contributed by atoms with Gasteiger partial charge in [0.15, 0.2) is 0 Å². The second kappa shape index (κ2) is 8.83. The van der Waals surface area contributed by atoms with Crippen LogP contribution in [0.1, 0.15) is 26.3 Å². The third-order valence-electron chi connectivity index (χ3n) is 4.22. The average Bonchev–Trinajstić information content (AvgIpc) is 2.68. The van der Waals surface area contributed by atoms with Crippen LogP contribution in [0.2, 0.25) is 5.02 Å². The quantitative estimate of drug-likeness (QED) is 0.419. The molecule has 0 aliphatic carbocycles. The van der Waals surface area contributed by atoms with Crippen molar-refractivity contribution in [1.29, 1.82) is 0 Å². The number of halogens is 6. The van der Waals surface area contributed by atoms with Gasteiger partial charge in [0.05, 0.1) is 28.1 Å². The predicted octanol–water partition coefficient (Wildman–Crippen LogP) is 5.85. The Hall–Kier alpha value is -3.66. The van der Waals surface area contributed by atoms with E-state index in [9.17, 15) is 36.6 Å². The van der Waals surface area contributed by atoms with E-state index in [-0.39, 0.29) is 16.3 Å². The monoisotopic (exact) mass is 470 g/mol. The largest absolute Gasteiger partial charge is 0.507 e. The molecule has 2 amide bonds. The number of alkyl halides is 3. The molecule has 0 radical (unpaired) electrons. The van der Waals surface area contributed by atoms with Gasteiger partial charge in [-0.15, -0.1) is 0 Å². The van der Waals surface area contributed by atoms with Crippen molar-refractivity contribution < 1.29 is 36.6 Å². The fourth-order valence-electron chi connectivity index (χ4n) is 2.68. The number of carbonyl (C=O) groups excluding carboxylic acids is 2. The smallest absolute Gasteiger partial charge is 0.416 e. The van der Waals surface area contributed by atoms with Crippen molar-refractivity contribution in [1.82, 2.24) is 0 Å². The summed E-state index contributed by atoms with van der Waals surface area (Å²) < 4.78 is 66.4. The molecule has 0 bridgehead atoms. The van der Waals surface area contributed by atoms with Gasteiger partial charge in [0.1, 0.15) is 17.4 Å². The second-order valence-corrected chi connectivity index (χ2v) is 6.89. The zero-order valence-electron chi connectivity index (χ0n) is 15.7. The minimum atomic E-state index is -4.77. The lowest BCUT2D eigenvalue weighted by molar-refractivity contribution is -0.137. The highest BCUT2D eigenvalue weighted by Crippen LogP contribution is 2.35. The fraction of sp³-hybridized carbons (Fsp3) is 0.0476. The molecule has 32 heavy (non-hydrogen) atoms. The SMILES string of the molecule is O=C(Nc1cc(C(F)(F)F)ccc1NC(=O)c1ccc(F)cc1F)c1ccc(Cl)cc1O. The van der Waals surface area contributed by atoms with Crippen LogP contribution in [0.3, 0.4) is 0 Å². The van der Waals surface area contributed by atoms with Gasteiger partial charge in [0.25, 0.3) is 11.8 Å². The molecule has 0 unspecified atom stereocenters. The lowest BCUT2D eigenvalue weighted by Crippen LogP contribution is -2.19. The molecular weight excluding hydrogens is 459 g/mol. The second-order valence-electron chi connectivity index (χ2n) is 6.45. The van der Waals surface area contributed by atoms with Crippen molar-refractivity contribution >= 4 is 34.8 Å². The Bertz CT molecular complexity index is 1210. The van der Waals surface area contributed by atoms with Crippen LogP contribution in [0.15, 0.2) is 54.6 Å². The average molecular weight is 471 g/mol. The maximum absolute atomic E-state index is 13.9. The summed E-state index contributed by atoms with van der Waals surface area (Å²) in [6.45, 7) is 0. The van der Waals surface area contributed by atoms with Gasteiger partial charge >= 0.3 is 6.18 Å². The Morgan fingerprint density at radius 3 is 2.06 bits per heavy atom. The predicted molar refractivity (Wildman–Crippen MR) is 107 cm³/mol. The molecule has 5 nitrogen and oxygen atoms in total. The van der Waals surface area contributed by atoms with E-state index in [2.05, 4.69) is 10.6 Å². The summed E-state index contributed by atoms with van der Waals surface area (Å²) >= 11 is 5.70. The molecule has 0 aliphatic heterocycles. The van der Waals surface area contributed by atoms with Crippen LogP contribution in [0.25, 0.3) is 0 Å². The van der Waals surface area contributed by atoms with E-state index >= 15 is 0 Å². The molecule has 0 saturated heterocycles. The first-order chi connectivity index (χ1) is 15.0. The summed E-state index contributed by atoms with van der Waals surface area (Å²) in [5, 5.41) is 14.3. The van der Waals surface area contributed by atoms with E-state index < -0.39 is 52.2 Å². The van der Waals surface area contributed by atoms with Crippen molar-refractivity contribution in [3.63, 3.8) is 0 Å². The number of amides is 2. The molecule has 0 aliphatic rings.